The Morgan fingerprint density at radius 3 is 2.58 bits per heavy atom. The molecule has 2 fully saturated rings. The number of piperazine rings is 1. The molecular weight excluding hydrogens is 480 g/mol. The number of anilines is 3. The molecule has 0 radical (unpaired) electrons. The molecule has 202 valence electrons. The highest BCUT2D eigenvalue weighted by Gasteiger charge is 2.41. The molecule has 10 nitrogen and oxygen atoms in total. The Morgan fingerprint density at radius 1 is 1.13 bits per heavy atom. The first-order valence-corrected chi connectivity index (χ1v) is 13.9. The molecule has 1 saturated carbocycles. The van der Waals surface area contributed by atoms with E-state index < -0.39 is 0 Å². The fourth-order valence-electron chi connectivity index (χ4n) is 6.72. The van der Waals surface area contributed by atoms with Gasteiger partial charge in [0.1, 0.15) is 17.2 Å². The quantitative estimate of drug-likeness (QED) is 0.472. The summed E-state index contributed by atoms with van der Waals surface area (Å²) < 4.78 is 2.18. The minimum absolute atomic E-state index is 0.0405. The number of pyridine rings is 1. The van der Waals surface area contributed by atoms with Gasteiger partial charge in [0.05, 0.1) is 23.5 Å². The Bertz CT molecular complexity index is 1300. The number of amides is 1. The average Bonchev–Trinajstić information content (AvgIpc) is 3.30. The number of fused-ring (bicyclic) bond motifs is 4. The summed E-state index contributed by atoms with van der Waals surface area (Å²) in [6.07, 6.45) is 9.01. The molecule has 38 heavy (non-hydrogen) atoms. The maximum absolute atomic E-state index is 12.7. The Hall–Kier alpha value is -3.24. The van der Waals surface area contributed by atoms with E-state index in [1.165, 1.54) is 6.42 Å². The molecule has 6 rings (SSSR count). The van der Waals surface area contributed by atoms with E-state index in [9.17, 15) is 9.90 Å². The third kappa shape index (κ3) is 4.49. The second kappa shape index (κ2) is 9.81. The van der Waals surface area contributed by atoms with Crippen LogP contribution in [0.1, 0.15) is 63.4 Å². The van der Waals surface area contributed by atoms with Gasteiger partial charge in [0.15, 0.2) is 0 Å². The van der Waals surface area contributed by atoms with Gasteiger partial charge < -0.3 is 25.2 Å². The molecule has 3 aliphatic rings. The molecule has 5 heterocycles. The van der Waals surface area contributed by atoms with Gasteiger partial charge in [-0.3, -0.25) is 9.69 Å². The molecule has 1 saturated heterocycles. The van der Waals surface area contributed by atoms with Crippen LogP contribution in [-0.2, 0) is 5.54 Å². The van der Waals surface area contributed by atoms with Gasteiger partial charge in [-0.1, -0.05) is 19.3 Å². The number of β-amino-alcohol motifs (C(OH)–C–C–N with tert-alkyl or cyclic N) is 1. The summed E-state index contributed by atoms with van der Waals surface area (Å²) in [6.45, 7) is 9.40. The zero-order valence-electron chi connectivity index (χ0n) is 22.5. The average molecular weight is 519 g/mol. The number of nitrogens with zero attached hydrogens (tertiary/aromatic N) is 6. The zero-order valence-corrected chi connectivity index (χ0v) is 22.5. The molecule has 1 aliphatic carbocycles. The molecule has 1 spiro atoms. The molecule has 10 heteroatoms. The Kier molecular flexibility index (Phi) is 6.47. The van der Waals surface area contributed by atoms with Crippen LogP contribution in [0.15, 0.2) is 30.6 Å². The Balaban J connectivity index is 1.22. The van der Waals surface area contributed by atoms with Crippen molar-refractivity contribution in [2.24, 2.45) is 0 Å². The van der Waals surface area contributed by atoms with Crippen LogP contribution in [0.4, 0.5) is 17.5 Å². The first kappa shape index (κ1) is 25.1. The van der Waals surface area contributed by atoms with E-state index in [1.54, 1.807) is 6.20 Å². The summed E-state index contributed by atoms with van der Waals surface area (Å²) in [7, 11) is 0. The van der Waals surface area contributed by atoms with Gasteiger partial charge in [-0.05, 0) is 51.8 Å². The zero-order chi connectivity index (χ0) is 26.4. The van der Waals surface area contributed by atoms with Gasteiger partial charge in [-0.2, -0.15) is 4.98 Å². The summed E-state index contributed by atoms with van der Waals surface area (Å²) in [5.74, 6) is 1.11. The van der Waals surface area contributed by atoms with Crippen LogP contribution in [0.25, 0.3) is 11.0 Å². The number of hydrogen-bond acceptors (Lipinski definition) is 8. The van der Waals surface area contributed by atoms with Crippen LogP contribution in [0.3, 0.4) is 0 Å². The fraction of sp³-hybridized carbons (Fsp3) is 0.571. The third-order valence-electron chi connectivity index (χ3n) is 8.54. The van der Waals surface area contributed by atoms with Crippen LogP contribution in [0, 0.1) is 0 Å². The van der Waals surface area contributed by atoms with Crippen molar-refractivity contribution in [2.75, 3.05) is 36.4 Å². The van der Waals surface area contributed by atoms with Crippen LogP contribution in [0.5, 0.6) is 0 Å². The van der Waals surface area contributed by atoms with Crippen molar-refractivity contribution < 1.29 is 9.90 Å². The van der Waals surface area contributed by atoms with Crippen LogP contribution < -0.4 is 15.5 Å². The van der Waals surface area contributed by atoms with E-state index in [0.29, 0.717) is 42.6 Å². The van der Waals surface area contributed by atoms with Crippen molar-refractivity contribution in [1.29, 1.82) is 0 Å². The number of hydrogen-bond donors (Lipinski definition) is 3. The van der Waals surface area contributed by atoms with Gasteiger partial charge in [0.25, 0.3) is 5.91 Å². The lowest BCUT2D eigenvalue weighted by Crippen LogP contribution is -2.58. The Morgan fingerprint density at radius 2 is 1.89 bits per heavy atom. The van der Waals surface area contributed by atoms with E-state index in [-0.39, 0.29) is 17.6 Å². The van der Waals surface area contributed by atoms with Gasteiger partial charge in [-0.25, -0.2) is 9.97 Å². The highest BCUT2D eigenvalue weighted by Crippen LogP contribution is 2.40. The first-order chi connectivity index (χ1) is 18.3. The minimum Gasteiger partial charge on any atom is -0.392 e. The molecule has 3 aromatic rings. The summed E-state index contributed by atoms with van der Waals surface area (Å²) in [6, 6.07) is 6.64. The topological polar surface area (TPSA) is 111 Å². The van der Waals surface area contributed by atoms with Crippen LogP contribution in [0.2, 0.25) is 0 Å². The molecule has 0 bridgehead atoms. The number of rotatable bonds is 5. The predicted octanol–water partition coefficient (Wildman–Crippen LogP) is 3.25. The summed E-state index contributed by atoms with van der Waals surface area (Å²) in [5, 5.41) is 17.1. The molecule has 0 aromatic carbocycles. The number of aromatic nitrogens is 4. The van der Waals surface area contributed by atoms with Crippen molar-refractivity contribution in [1.82, 2.24) is 29.7 Å². The molecule has 0 unspecified atom stereocenters. The second-order valence-corrected chi connectivity index (χ2v) is 11.5. The monoisotopic (exact) mass is 518 g/mol. The molecule has 2 aliphatic heterocycles. The minimum atomic E-state index is -0.331. The first-order valence-electron chi connectivity index (χ1n) is 13.9. The summed E-state index contributed by atoms with van der Waals surface area (Å²) >= 11 is 0. The van der Waals surface area contributed by atoms with E-state index in [2.05, 4.69) is 54.9 Å². The van der Waals surface area contributed by atoms with Gasteiger partial charge in [-0.15, -0.1) is 0 Å². The standard InChI is InChI=1S/C28H38N8O2/c1-18-14-34(15-19(2)35(18)16-20(3)37)22-7-8-24(29-13-22)32-27-30-12-21-11-23-26(38)31-17-28(9-5-4-6-10-28)36(23)25(21)33-27/h7-8,11-13,18-20,37H,4-6,9-10,14-17H2,1-3H3,(H,31,38)(H,29,30,32,33)/t18-,19+,20-/m0/s1. The lowest BCUT2D eigenvalue weighted by Gasteiger charge is -2.45. The lowest BCUT2D eigenvalue weighted by molar-refractivity contribution is 0.0653. The van der Waals surface area contributed by atoms with Crippen molar-refractivity contribution in [2.45, 2.75) is 76.6 Å². The highest BCUT2D eigenvalue weighted by atomic mass is 16.3. The van der Waals surface area contributed by atoms with Crippen molar-refractivity contribution in [3.8, 4) is 0 Å². The number of carbonyl (C=O) groups excluding carboxylic acids is 1. The molecular formula is C28H38N8O2. The van der Waals surface area contributed by atoms with Crippen molar-refractivity contribution >= 4 is 34.4 Å². The van der Waals surface area contributed by atoms with Gasteiger partial charge in [0, 0.05) is 49.8 Å². The molecule has 1 amide bonds. The van der Waals surface area contributed by atoms with E-state index in [0.717, 1.165) is 55.5 Å². The number of aliphatic hydroxyl groups excluding tert-OH is 1. The van der Waals surface area contributed by atoms with E-state index in [4.69, 9.17) is 4.98 Å². The molecule has 3 N–H and O–H groups in total. The largest absolute Gasteiger partial charge is 0.392 e. The molecule has 3 atom stereocenters. The van der Waals surface area contributed by atoms with Crippen LogP contribution >= 0.6 is 0 Å². The molecule has 3 aromatic heterocycles. The van der Waals surface area contributed by atoms with Gasteiger partial charge >= 0.3 is 0 Å². The fourth-order valence-corrected chi connectivity index (χ4v) is 6.72. The smallest absolute Gasteiger partial charge is 0.268 e. The number of aliphatic hydroxyl groups is 1. The van der Waals surface area contributed by atoms with Crippen molar-refractivity contribution in [3.63, 3.8) is 0 Å². The van der Waals surface area contributed by atoms with E-state index in [1.807, 2.05) is 25.3 Å². The normalized spacial score (nSPS) is 24.3. The highest BCUT2D eigenvalue weighted by molar-refractivity contribution is 5.99. The van der Waals surface area contributed by atoms with Crippen molar-refractivity contribution in [3.05, 3.63) is 36.3 Å². The Labute approximate surface area is 223 Å². The number of nitrogens with one attached hydrogen (secondary N) is 2. The second-order valence-electron chi connectivity index (χ2n) is 11.5. The van der Waals surface area contributed by atoms with E-state index >= 15 is 0 Å². The van der Waals surface area contributed by atoms with Gasteiger partial charge in [0.2, 0.25) is 5.95 Å². The lowest BCUT2D eigenvalue weighted by atomic mass is 9.80. The third-order valence-corrected chi connectivity index (χ3v) is 8.54. The maximum atomic E-state index is 12.7. The number of carbonyl (C=O) groups is 1. The SMILES string of the molecule is C[C@H](O)CN1[C@H](C)CN(c2ccc(Nc3ncc4cc5n(c4n3)C3(CCCCC3)CNC5=O)nc2)C[C@@H]1C. The van der Waals surface area contributed by atoms with Crippen LogP contribution in [-0.4, -0.2) is 79.8 Å². The summed E-state index contributed by atoms with van der Waals surface area (Å²) in [4.78, 5) is 31.5. The maximum Gasteiger partial charge on any atom is 0.268 e. The summed E-state index contributed by atoms with van der Waals surface area (Å²) in [5.41, 5.74) is 2.46. The predicted molar refractivity (Wildman–Crippen MR) is 148 cm³/mol.